The summed E-state index contributed by atoms with van der Waals surface area (Å²) in [5.41, 5.74) is 0.983. The minimum atomic E-state index is -3.66. The van der Waals surface area contributed by atoms with Crippen molar-refractivity contribution in [2.24, 2.45) is 0 Å². The van der Waals surface area contributed by atoms with Crippen LogP contribution in [-0.2, 0) is 30.4 Å². The lowest BCUT2D eigenvalue weighted by Gasteiger charge is -2.21. The van der Waals surface area contributed by atoms with Crippen LogP contribution in [0.3, 0.4) is 0 Å². The lowest BCUT2D eigenvalue weighted by atomic mass is 10.1. The van der Waals surface area contributed by atoms with Crippen LogP contribution in [0.25, 0.3) is 0 Å². The van der Waals surface area contributed by atoms with Crippen molar-refractivity contribution in [3.8, 4) is 0 Å². The normalized spacial score (nSPS) is 14.4. The summed E-state index contributed by atoms with van der Waals surface area (Å²) in [5.74, 6) is 0.350. The van der Waals surface area contributed by atoms with E-state index in [0.29, 0.717) is 12.4 Å². The Balaban J connectivity index is 1.87. The standard InChI is InChI=1S/C16H20O7S/c1-24(18,19)23-11-14(17)16(15-8-5-9-21-15)22-12-20-10-13-6-3-2-4-7-13/h2-9,14,16-17H,10-12H2,1H3/t14-,16-/m1/s1. The summed E-state index contributed by atoms with van der Waals surface area (Å²) in [7, 11) is -3.66. The van der Waals surface area contributed by atoms with Crippen molar-refractivity contribution in [1.29, 1.82) is 0 Å². The predicted molar refractivity (Wildman–Crippen MR) is 85.4 cm³/mol. The van der Waals surface area contributed by atoms with Crippen LogP contribution < -0.4 is 0 Å². The van der Waals surface area contributed by atoms with Crippen molar-refractivity contribution < 1.29 is 31.6 Å². The van der Waals surface area contributed by atoms with E-state index in [1.165, 1.54) is 6.26 Å². The molecule has 2 atom stereocenters. The Bertz CT molecular complexity index is 682. The maximum absolute atomic E-state index is 11.0. The molecule has 1 aromatic carbocycles. The van der Waals surface area contributed by atoms with Crippen LogP contribution in [0.2, 0.25) is 0 Å². The molecule has 0 spiro atoms. The van der Waals surface area contributed by atoms with E-state index in [4.69, 9.17) is 13.9 Å². The van der Waals surface area contributed by atoms with E-state index in [0.717, 1.165) is 11.8 Å². The number of hydrogen-bond donors (Lipinski definition) is 1. The molecule has 0 amide bonds. The molecule has 132 valence electrons. The van der Waals surface area contributed by atoms with Crippen LogP contribution in [0.4, 0.5) is 0 Å². The van der Waals surface area contributed by atoms with Gasteiger partial charge in [0.15, 0.2) is 0 Å². The molecule has 0 fully saturated rings. The molecule has 7 nitrogen and oxygen atoms in total. The maximum atomic E-state index is 11.0. The number of hydrogen-bond acceptors (Lipinski definition) is 7. The van der Waals surface area contributed by atoms with Gasteiger partial charge in [0.2, 0.25) is 0 Å². The SMILES string of the molecule is CS(=O)(=O)OC[C@@H](O)[C@@H](OCOCc1ccccc1)c1ccco1. The third kappa shape index (κ3) is 6.42. The summed E-state index contributed by atoms with van der Waals surface area (Å²) in [5, 5.41) is 10.1. The van der Waals surface area contributed by atoms with Gasteiger partial charge in [-0.15, -0.1) is 0 Å². The van der Waals surface area contributed by atoms with Crippen molar-refractivity contribution in [1.82, 2.24) is 0 Å². The first-order valence-electron chi connectivity index (χ1n) is 7.25. The van der Waals surface area contributed by atoms with E-state index < -0.39 is 28.9 Å². The summed E-state index contributed by atoms with van der Waals surface area (Å²) in [4.78, 5) is 0. The molecule has 0 saturated carbocycles. The minimum Gasteiger partial charge on any atom is -0.466 e. The molecule has 0 aliphatic heterocycles. The lowest BCUT2D eigenvalue weighted by Crippen LogP contribution is -2.28. The van der Waals surface area contributed by atoms with E-state index in [2.05, 4.69) is 4.18 Å². The van der Waals surface area contributed by atoms with Gasteiger partial charge in [-0.3, -0.25) is 4.18 Å². The van der Waals surface area contributed by atoms with Gasteiger partial charge in [0.25, 0.3) is 10.1 Å². The fourth-order valence-corrected chi connectivity index (χ4v) is 2.36. The molecule has 0 bridgehead atoms. The topological polar surface area (TPSA) is 95.2 Å². The number of aliphatic hydroxyl groups excluding tert-OH is 1. The first-order valence-corrected chi connectivity index (χ1v) is 9.06. The highest BCUT2D eigenvalue weighted by Gasteiger charge is 2.26. The van der Waals surface area contributed by atoms with Crippen LogP contribution in [-0.4, -0.2) is 39.3 Å². The van der Waals surface area contributed by atoms with Crippen molar-refractivity contribution in [3.63, 3.8) is 0 Å². The smallest absolute Gasteiger partial charge is 0.264 e. The molecule has 0 radical (unpaired) electrons. The Labute approximate surface area is 140 Å². The van der Waals surface area contributed by atoms with E-state index in [-0.39, 0.29) is 6.79 Å². The maximum Gasteiger partial charge on any atom is 0.264 e. The van der Waals surface area contributed by atoms with Gasteiger partial charge in [0.05, 0.1) is 25.7 Å². The fourth-order valence-electron chi connectivity index (χ4n) is 1.97. The highest BCUT2D eigenvalue weighted by Crippen LogP contribution is 2.23. The Kier molecular flexibility index (Phi) is 6.95. The fraction of sp³-hybridized carbons (Fsp3) is 0.375. The number of aliphatic hydroxyl groups is 1. The highest BCUT2D eigenvalue weighted by atomic mass is 32.2. The second-order valence-electron chi connectivity index (χ2n) is 5.11. The van der Waals surface area contributed by atoms with Gasteiger partial charge in [-0.2, -0.15) is 8.42 Å². The number of ether oxygens (including phenoxy) is 2. The quantitative estimate of drug-likeness (QED) is 0.394. The van der Waals surface area contributed by atoms with E-state index in [1.54, 1.807) is 12.1 Å². The highest BCUT2D eigenvalue weighted by molar-refractivity contribution is 7.85. The Morgan fingerprint density at radius 1 is 1.17 bits per heavy atom. The third-order valence-corrected chi connectivity index (χ3v) is 3.63. The van der Waals surface area contributed by atoms with Crippen LogP contribution in [0.1, 0.15) is 17.4 Å². The summed E-state index contributed by atoms with van der Waals surface area (Å²) in [6, 6.07) is 12.8. The second kappa shape index (κ2) is 8.95. The van der Waals surface area contributed by atoms with Crippen molar-refractivity contribution in [3.05, 3.63) is 60.1 Å². The van der Waals surface area contributed by atoms with Gasteiger partial charge >= 0.3 is 0 Å². The molecule has 8 heteroatoms. The summed E-state index contributed by atoms with van der Waals surface area (Å²) >= 11 is 0. The molecule has 0 unspecified atom stereocenters. The van der Waals surface area contributed by atoms with Crippen LogP contribution in [0.15, 0.2) is 53.1 Å². The molecule has 1 aromatic heterocycles. The molecule has 0 aliphatic carbocycles. The predicted octanol–water partition coefficient (Wildman–Crippen LogP) is 1.85. The number of rotatable bonds is 10. The third-order valence-electron chi connectivity index (χ3n) is 3.07. The molecule has 24 heavy (non-hydrogen) atoms. The van der Waals surface area contributed by atoms with E-state index in [9.17, 15) is 13.5 Å². The zero-order valence-corrected chi connectivity index (χ0v) is 14.0. The van der Waals surface area contributed by atoms with Crippen molar-refractivity contribution in [2.75, 3.05) is 19.7 Å². The average molecular weight is 356 g/mol. The van der Waals surface area contributed by atoms with Crippen molar-refractivity contribution in [2.45, 2.75) is 18.8 Å². The van der Waals surface area contributed by atoms with Crippen LogP contribution in [0, 0.1) is 0 Å². The summed E-state index contributed by atoms with van der Waals surface area (Å²) in [6.07, 6.45) is 0.204. The molecule has 2 rings (SSSR count). The molecular weight excluding hydrogens is 336 g/mol. The first kappa shape index (κ1) is 18.6. The van der Waals surface area contributed by atoms with Gasteiger partial charge in [0.1, 0.15) is 24.8 Å². The van der Waals surface area contributed by atoms with Crippen LogP contribution in [0.5, 0.6) is 0 Å². The van der Waals surface area contributed by atoms with Gasteiger partial charge in [0, 0.05) is 0 Å². The summed E-state index contributed by atoms with van der Waals surface area (Å²) < 4.78 is 42.8. The zero-order valence-electron chi connectivity index (χ0n) is 13.2. The van der Waals surface area contributed by atoms with Gasteiger partial charge in [-0.05, 0) is 17.7 Å². The van der Waals surface area contributed by atoms with E-state index >= 15 is 0 Å². The Morgan fingerprint density at radius 3 is 2.54 bits per heavy atom. The number of benzene rings is 1. The van der Waals surface area contributed by atoms with Gasteiger partial charge in [-0.1, -0.05) is 30.3 Å². The Morgan fingerprint density at radius 2 is 1.92 bits per heavy atom. The monoisotopic (exact) mass is 356 g/mol. The molecule has 1 heterocycles. The first-order chi connectivity index (χ1) is 11.5. The van der Waals surface area contributed by atoms with E-state index in [1.807, 2.05) is 30.3 Å². The summed E-state index contributed by atoms with van der Waals surface area (Å²) in [6.45, 7) is -0.194. The molecular formula is C16H20O7S. The van der Waals surface area contributed by atoms with Gasteiger partial charge in [-0.25, -0.2) is 0 Å². The molecule has 1 N–H and O–H groups in total. The zero-order chi connectivity index (χ0) is 17.4. The van der Waals surface area contributed by atoms with Crippen molar-refractivity contribution >= 4 is 10.1 Å². The van der Waals surface area contributed by atoms with Gasteiger partial charge < -0.3 is 19.0 Å². The Hall–Kier alpha value is -1.71. The largest absolute Gasteiger partial charge is 0.466 e. The number of furan rings is 1. The molecule has 0 aliphatic rings. The minimum absolute atomic E-state index is 0.101. The second-order valence-corrected chi connectivity index (χ2v) is 6.75. The molecule has 0 saturated heterocycles. The molecule has 2 aromatic rings. The lowest BCUT2D eigenvalue weighted by molar-refractivity contribution is -0.142. The van der Waals surface area contributed by atoms with Crippen LogP contribution >= 0.6 is 0 Å². The average Bonchev–Trinajstić information content (AvgIpc) is 3.07.